The van der Waals surface area contributed by atoms with Gasteiger partial charge in [-0.2, -0.15) is 0 Å². The number of aliphatic hydroxyl groups excluding tert-OH is 1. The van der Waals surface area contributed by atoms with Gasteiger partial charge in [-0.15, -0.1) is 0 Å². The van der Waals surface area contributed by atoms with E-state index in [1.807, 2.05) is 0 Å². The zero-order chi connectivity index (χ0) is 10.6. The Balaban J connectivity index is 2.23. The lowest BCUT2D eigenvalue weighted by Gasteiger charge is -2.31. The molecule has 14 heavy (non-hydrogen) atoms. The lowest BCUT2D eigenvalue weighted by molar-refractivity contribution is 0.192. The first-order valence-electron chi connectivity index (χ1n) is 5.76. The van der Waals surface area contributed by atoms with E-state index in [4.69, 9.17) is 10.8 Å². The molecule has 1 fully saturated rings. The van der Waals surface area contributed by atoms with Crippen molar-refractivity contribution in [2.75, 3.05) is 6.61 Å². The molecule has 1 aliphatic carbocycles. The monoisotopic (exact) mass is 200 g/mol. The fourth-order valence-electron chi connectivity index (χ4n) is 1.98. The first-order valence-corrected chi connectivity index (χ1v) is 5.76. The molecule has 0 aromatic rings. The van der Waals surface area contributed by atoms with Crippen LogP contribution in [-0.2, 0) is 0 Å². The van der Waals surface area contributed by atoms with Gasteiger partial charge in [0.25, 0.3) is 0 Å². The number of aliphatic hydroxyl groups is 1. The summed E-state index contributed by atoms with van der Waals surface area (Å²) < 4.78 is 0. The Kier molecular flexibility index (Phi) is 4.85. The molecular formula is C11H24N2O. The molecule has 3 nitrogen and oxygen atoms in total. The third-order valence-corrected chi connectivity index (χ3v) is 3.41. The first kappa shape index (κ1) is 12.0. The summed E-state index contributed by atoms with van der Waals surface area (Å²) in [5.74, 6) is 0.339. The minimum Gasteiger partial charge on any atom is -0.396 e. The standard InChI is InChI=1S/C11H24N2O/c1-8(7-14)9(2)13-11-5-3-10(12)4-6-11/h8-11,13-14H,3-7,12H2,1-2H3. The van der Waals surface area contributed by atoms with Crippen LogP contribution in [0.5, 0.6) is 0 Å². The van der Waals surface area contributed by atoms with Crippen LogP contribution >= 0.6 is 0 Å². The summed E-state index contributed by atoms with van der Waals surface area (Å²) in [6.45, 7) is 4.49. The van der Waals surface area contributed by atoms with E-state index in [9.17, 15) is 0 Å². The van der Waals surface area contributed by atoms with Crippen molar-refractivity contribution in [1.82, 2.24) is 5.32 Å². The van der Waals surface area contributed by atoms with E-state index in [1.165, 1.54) is 12.8 Å². The largest absolute Gasteiger partial charge is 0.396 e. The highest BCUT2D eigenvalue weighted by molar-refractivity contribution is 4.81. The summed E-state index contributed by atoms with van der Waals surface area (Å²) in [7, 11) is 0. The minimum atomic E-state index is 0.264. The Labute approximate surface area is 87.1 Å². The number of nitrogens with two attached hydrogens (primary N) is 1. The minimum absolute atomic E-state index is 0.264. The Hall–Kier alpha value is -0.120. The van der Waals surface area contributed by atoms with Gasteiger partial charge < -0.3 is 16.2 Å². The molecule has 2 unspecified atom stereocenters. The molecule has 0 radical (unpaired) electrons. The van der Waals surface area contributed by atoms with Crippen LogP contribution < -0.4 is 11.1 Å². The van der Waals surface area contributed by atoms with E-state index in [-0.39, 0.29) is 6.61 Å². The van der Waals surface area contributed by atoms with Crippen molar-refractivity contribution >= 4 is 0 Å². The second kappa shape index (κ2) is 5.69. The molecule has 1 saturated carbocycles. The van der Waals surface area contributed by atoms with Gasteiger partial charge in [-0.25, -0.2) is 0 Å². The Bertz CT molecular complexity index is 155. The summed E-state index contributed by atoms with van der Waals surface area (Å²) in [6.07, 6.45) is 4.64. The fraction of sp³-hybridized carbons (Fsp3) is 1.00. The predicted molar refractivity (Wildman–Crippen MR) is 59.1 cm³/mol. The average molecular weight is 200 g/mol. The highest BCUT2D eigenvalue weighted by atomic mass is 16.3. The molecule has 0 aliphatic heterocycles. The van der Waals surface area contributed by atoms with Gasteiger partial charge in [-0.3, -0.25) is 0 Å². The maximum Gasteiger partial charge on any atom is 0.0471 e. The van der Waals surface area contributed by atoms with Gasteiger partial charge >= 0.3 is 0 Å². The smallest absolute Gasteiger partial charge is 0.0471 e. The first-order chi connectivity index (χ1) is 6.63. The van der Waals surface area contributed by atoms with Crippen LogP contribution in [0.2, 0.25) is 0 Å². The van der Waals surface area contributed by atoms with Crippen LogP contribution in [0.3, 0.4) is 0 Å². The van der Waals surface area contributed by atoms with E-state index < -0.39 is 0 Å². The molecule has 2 atom stereocenters. The molecule has 0 amide bonds. The second-order valence-electron chi connectivity index (χ2n) is 4.73. The number of rotatable bonds is 4. The van der Waals surface area contributed by atoms with Crippen LogP contribution in [0.4, 0.5) is 0 Å². The van der Waals surface area contributed by atoms with Gasteiger partial charge in [0, 0.05) is 24.7 Å². The normalized spacial score (nSPS) is 32.6. The predicted octanol–water partition coefficient (Wildman–Crippen LogP) is 0.863. The van der Waals surface area contributed by atoms with Crippen LogP contribution in [0, 0.1) is 5.92 Å². The lowest BCUT2D eigenvalue weighted by Crippen LogP contribution is -2.44. The maximum absolute atomic E-state index is 9.02. The maximum atomic E-state index is 9.02. The van der Waals surface area contributed by atoms with Crippen molar-refractivity contribution < 1.29 is 5.11 Å². The number of hydrogen-bond acceptors (Lipinski definition) is 3. The number of nitrogens with one attached hydrogen (secondary N) is 1. The molecule has 0 aromatic heterocycles. The topological polar surface area (TPSA) is 58.3 Å². The van der Waals surface area contributed by atoms with Crippen molar-refractivity contribution in [1.29, 1.82) is 0 Å². The molecule has 0 saturated heterocycles. The third kappa shape index (κ3) is 3.56. The molecule has 84 valence electrons. The molecule has 1 rings (SSSR count). The summed E-state index contributed by atoms with van der Waals surface area (Å²) in [6, 6.07) is 1.43. The average Bonchev–Trinajstić information content (AvgIpc) is 2.20. The summed E-state index contributed by atoms with van der Waals surface area (Å²) in [4.78, 5) is 0. The summed E-state index contributed by atoms with van der Waals surface area (Å²) in [5, 5.41) is 12.6. The lowest BCUT2D eigenvalue weighted by atomic mass is 9.90. The van der Waals surface area contributed by atoms with E-state index >= 15 is 0 Å². The number of hydrogen-bond donors (Lipinski definition) is 3. The second-order valence-corrected chi connectivity index (χ2v) is 4.73. The van der Waals surface area contributed by atoms with Gasteiger partial charge in [0.1, 0.15) is 0 Å². The molecule has 1 aliphatic rings. The van der Waals surface area contributed by atoms with E-state index in [1.54, 1.807) is 0 Å². The summed E-state index contributed by atoms with van der Waals surface area (Å²) >= 11 is 0. The molecule has 4 N–H and O–H groups in total. The fourth-order valence-corrected chi connectivity index (χ4v) is 1.98. The van der Waals surface area contributed by atoms with Crippen molar-refractivity contribution in [3.63, 3.8) is 0 Å². The molecule has 3 heteroatoms. The van der Waals surface area contributed by atoms with Crippen molar-refractivity contribution in [2.24, 2.45) is 11.7 Å². The zero-order valence-electron chi connectivity index (χ0n) is 9.37. The Morgan fingerprint density at radius 1 is 1.29 bits per heavy atom. The van der Waals surface area contributed by atoms with E-state index in [2.05, 4.69) is 19.2 Å². The van der Waals surface area contributed by atoms with Crippen molar-refractivity contribution in [3.05, 3.63) is 0 Å². The van der Waals surface area contributed by atoms with Gasteiger partial charge in [0.2, 0.25) is 0 Å². The Morgan fingerprint density at radius 2 is 1.86 bits per heavy atom. The quantitative estimate of drug-likeness (QED) is 0.631. The Morgan fingerprint density at radius 3 is 2.36 bits per heavy atom. The molecule has 0 spiro atoms. The molecule has 0 bridgehead atoms. The van der Waals surface area contributed by atoms with E-state index in [0.717, 1.165) is 12.8 Å². The van der Waals surface area contributed by atoms with Crippen LogP contribution in [0.1, 0.15) is 39.5 Å². The SMILES string of the molecule is CC(CO)C(C)NC1CCC(N)CC1. The third-order valence-electron chi connectivity index (χ3n) is 3.41. The summed E-state index contributed by atoms with van der Waals surface area (Å²) in [5.41, 5.74) is 5.85. The molecule has 0 heterocycles. The van der Waals surface area contributed by atoms with E-state index in [0.29, 0.717) is 24.0 Å². The van der Waals surface area contributed by atoms with Gasteiger partial charge in [-0.1, -0.05) is 6.92 Å². The zero-order valence-corrected chi connectivity index (χ0v) is 9.37. The van der Waals surface area contributed by atoms with Crippen LogP contribution in [-0.4, -0.2) is 29.8 Å². The molecular weight excluding hydrogens is 176 g/mol. The van der Waals surface area contributed by atoms with Gasteiger partial charge in [0.05, 0.1) is 0 Å². The van der Waals surface area contributed by atoms with Gasteiger partial charge in [0.15, 0.2) is 0 Å². The molecule has 0 aromatic carbocycles. The highest BCUT2D eigenvalue weighted by Crippen LogP contribution is 2.18. The van der Waals surface area contributed by atoms with Crippen molar-refractivity contribution in [2.45, 2.75) is 57.7 Å². The van der Waals surface area contributed by atoms with Crippen molar-refractivity contribution in [3.8, 4) is 0 Å². The van der Waals surface area contributed by atoms with Gasteiger partial charge in [-0.05, 0) is 38.5 Å². The highest BCUT2D eigenvalue weighted by Gasteiger charge is 2.21. The van der Waals surface area contributed by atoms with Crippen LogP contribution in [0.25, 0.3) is 0 Å². The van der Waals surface area contributed by atoms with Crippen LogP contribution in [0.15, 0.2) is 0 Å².